The van der Waals surface area contributed by atoms with Gasteiger partial charge in [-0.2, -0.15) is 0 Å². The fourth-order valence-electron chi connectivity index (χ4n) is 2.70. The first-order chi connectivity index (χ1) is 9.84. The highest BCUT2D eigenvalue weighted by Gasteiger charge is 2.40. The van der Waals surface area contributed by atoms with Crippen molar-refractivity contribution in [2.45, 2.75) is 44.2 Å². The topological polar surface area (TPSA) is 55.4 Å². The molecule has 1 aromatic carbocycles. The molecule has 1 fully saturated rings. The van der Waals surface area contributed by atoms with Crippen molar-refractivity contribution in [1.82, 2.24) is 4.72 Å². The van der Waals surface area contributed by atoms with Crippen molar-refractivity contribution in [3.8, 4) is 0 Å². The zero-order valence-electron chi connectivity index (χ0n) is 12.4. The van der Waals surface area contributed by atoms with E-state index >= 15 is 0 Å². The molecule has 6 heteroatoms. The van der Waals surface area contributed by atoms with Gasteiger partial charge in [0.2, 0.25) is 10.0 Å². The number of methoxy groups -OCH3 is 1. The monoisotopic (exact) mass is 315 g/mol. The Hall–Kier alpha value is -0.980. The smallest absolute Gasteiger partial charge is 0.214 e. The Labute approximate surface area is 125 Å². The van der Waals surface area contributed by atoms with Crippen LogP contribution in [0.2, 0.25) is 0 Å². The lowest BCUT2D eigenvalue weighted by Gasteiger charge is -2.42. The first-order valence-electron chi connectivity index (χ1n) is 7.13. The van der Waals surface area contributed by atoms with Crippen LogP contribution < -0.4 is 4.72 Å². The second-order valence-electron chi connectivity index (χ2n) is 5.87. The summed E-state index contributed by atoms with van der Waals surface area (Å²) >= 11 is 0. The molecule has 1 atom stereocenters. The average Bonchev–Trinajstić information content (AvgIpc) is 2.35. The van der Waals surface area contributed by atoms with E-state index < -0.39 is 15.6 Å². The van der Waals surface area contributed by atoms with E-state index in [0.29, 0.717) is 6.42 Å². The third-order valence-corrected chi connectivity index (χ3v) is 5.62. The summed E-state index contributed by atoms with van der Waals surface area (Å²) in [4.78, 5) is 0. The number of hydrogen-bond donors (Lipinski definition) is 1. The van der Waals surface area contributed by atoms with Crippen molar-refractivity contribution in [3.05, 3.63) is 35.6 Å². The van der Waals surface area contributed by atoms with Crippen LogP contribution in [0.3, 0.4) is 0 Å². The van der Waals surface area contributed by atoms with Crippen molar-refractivity contribution in [2.75, 3.05) is 12.9 Å². The maximum Gasteiger partial charge on any atom is 0.214 e. The summed E-state index contributed by atoms with van der Waals surface area (Å²) in [7, 11) is -1.92. The van der Waals surface area contributed by atoms with Gasteiger partial charge in [0.25, 0.3) is 0 Å². The van der Waals surface area contributed by atoms with Crippen LogP contribution in [0.1, 0.15) is 31.7 Å². The maximum atomic E-state index is 13.3. The van der Waals surface area contributed by atoms with Gasteiger partial charge in [0.15, 0.2) is 0 Å². The Balaban J connectivity index is 2.08. The quantitative estimate of drug-likeness (QED) is 0.839. The molecule has 0 amide bonds. The highest BCUT2D eigenvalue weighted by molar-refractivity contribution is 7.89. The average molecular weight is 315 g/mol. The number of rotatable bonds is 7. The number of nitrogens with one attached hydrogen (secondary N) is 1. The van der Waals surface area contributed by atoms with Crippen LogP contribution in [-0.4, -0.2) is 32.9 Å². The van der Waals surface area contributed by atoms with Crippen molar-refractivity contribution < 1.29 is 17.5 Å². The summed E-state index contributed by atoms with van der Waals surface area (Å²) in [6.45, 7) is 1.72. The van der Waals surface area contributed by atoms with Gasteiger partial charge in [-0.3, -0.25) is 0 Å². The minimum absolute atomic E-state index is 0.0611. The predicted molar refractivity (Wildman–Crippen MR) is 80.1 cm³/mol. The van der Waals surface area contributed by atoms with E-state index in [9.17, 15) is 12.8 Å². The lowest BCUT2D eigenvalue weighted by atomic mass is 9.74. The molecule has 0 aromatic heterocycles. The highest BCUT2D eigenvalue weighted by Crippen LogP contribution is 2.36. The molecule has 0 radical (unpaired) electrons. The van der Waals surface area contributed by atoms with Crippen LogP contribution in [0.15, 0.2) is 24.3 Å². The van der Waals surface area contributed by atoms with E-state index in [1.54, 1.807) is 13.0 Å². The predicted octanol–water partition coefficient (Wildman–Crippen LogP) is 2.25. The minimum Gasteiger partial charge on any atom is -0.381 e. The molecule has 1 aliphatic rings. The van der Waals surface area contributed by atoms with Crippen molar-refractivity contribution in [3.63, 3.8) is 0 Å². The van der Waals surface area contributed by atoms with Crippen molar-refractivity contribution in [1.29, 1.82) is 0 Å². The molecule has 0 saturated heterocycles. The number of hydrogen-bond acceptors (Lipinski definition) is 3. The summed E-state index contributed by atoms with van der Waals surface area (Å²) < 4.78 is 45.5. The van der Waals surface area contributed by atoms with Crippen LogP contribution in [0.4, 0.5) is 4.39 Å². The molecule has 1 aliphatic carbocycles. The Kier molecular flexibility index (Phi) is 5.01. The molecule has 0 spiro atoms. The molecule has 0 bridgehead atoms. The minimum atomic E-state index is -3.41. The maximum absolute atomic E-state index is 13.3. The van der Waals surface area contributed by atoms with E-state index in [0.717, 1.165) is 24.8 Å². The molecule has 21 heavy (non-hydrogen) atoms. The fraction of sp³-hybridized carbons (Fsp3) is 0.600. The fourth-order valence-corrected chi connectivity index (χ4v) is 4.48. The summed E-state index contributed by atoms with van der Waals surface area (Å²) in [5, 5.41) is 0. The van der Waals surface area contributed by atoms with Gasteiger partial charge in [0, 0.05) is 12.6 Å². The number of benzene rings is 1. The molecule has 118 valence electrons. The zero-order valence-corrected chi connectivity index (χ0v) is 13.2. The molecule has 1 aromatic rings. The molecular weight excluding hydrogens is 293 g/mol. The Bertz CT molecular complexity index is 584. The lowest BCUT2D eigenvalue weighted by Crippen LogP contribution is -2.56. The van der Waals surface area contributed by atoms with Gasteiger partial charge in [0.1, 0.15) is 5.82 Å². The first-order valence-corrected chi connectivity index (χ1v) is 8.78. The van der Waals surface area contributed by atoms with E-state index in [1.165, 1.54) is 19.2 Å². The first kappa shape index (κ1) is 16.4. The zero-order chi connectivity index (χ0) is 15.5. The van der Waals surface area contributed by atoms with Crippen LogP contribution in [0, 0.1) is 5.82 Å². The van der Waals surface area contributed by atoms with Crippen LogP contribution in [0.5, 0.6) is 0 Å². The Morgan fingerprint density at radius 1 is 1.43 bits per heavy atom. The molecule has 0 unspecified atom stereocenters. The summed E-state index contributed by atoms with van der Waals surface area (Å²) in [5.41, 5.74) is 0.345. The standard InChI is InChI=1S/C15H22FNO3S/c1-12(20-2)11-21(18,19)17-15(7-4-8-15)10-13-5-3-6-14(16)9-13/h3,5-6,9,12,17H,4,7-8,10-11H2,1-2H3/t12-/m1/s1. The number of sulfonamides is 1. The SMILES string of the molecule is CO[C@H](C)CS(=O)(=O)NC1(Cc2cccc(F)c2)CCC1. The van der Waals surface area contributed by atoms with E-state index in [2.05, 4.69) is 4.72 Å². The van der Waals surface area contributed by atoms with Gasteiger partial charge in [0.05, 0.1) is 11.9 Å². The second-order valence-corrected chi connectivity index (χ2v) is 7.64. The van der Waals surface area contributed by atoms with Gasteiger partial charge in [-0.05, 0) is 50.3 Å². The third-order valence-electron chi connectivity index (χ3n) is 3.97. The molecule has 0 heterocycles. The summed E-state index contributed by atoms with van der Waals surface area (Å²) in [6.07, 6.45) is 2.71. The van der Waals surface area contributed by atoms with Crippen molar-refractivity contribution >= 4 is 10.0 Å². The van der Waals surface area contributed by atoms with Gasteiger partial charge in [-0.15, -0.1) is 0 Å². The second kappa shape index (κ2) is 6.42. The number of ether oxygens (including phenoxy) is 1. The Morgan fingerprint density at radius 3 is 2.67 bits per heavy atom. The van der Waals surface area contributed by atoms with Crippen LogP contribution >= 0.6 is 0 Å². The van der Waals surface area contributed by atoms with E-state index in [1.807, 2.05) is 6.07 Å². The number of halogens is 1. The molecular formula is C15H22FNO3S. The molecule has 2 rings (SSSR count). The van der Waals surface area contributed by atoms with E-state index in [4.69, 9.17) is 4.74 Å². The van der Waals surface area contributed by atoms with E-state index in [-0.39, 0.29) is 17.7 Å². The van der Waals surface area contributed by atoms with Gasteiger partial charge < -0.3 is 4.74 Å². The molecule has 4 nitrogen and oxygen atoms in total. The van der Waals surface area contributed by atoms with Gasteiger partial charge in [-0.25, -0.2) is 17.5 Å². The highest BCUT2D eigenvalue weighted by atomic mass is 32.2. The van der Waals surface area contributed by atoms with Crippen molar-refractivity contribution in [2.24, 2.45) is 0 Å². The molecule has 0 aliphatic heterocycles. The molecule has 1 saturated carbocycles. The normalized spacial score (nSPS) is 19.0. The summed E-state index contributed by atoms with van der Waals surface area (Å²) in [5.74, 6) is -0.355. The largest absolute Gasteiger partial charge is 0.381 e. The van der Waals surface area contributed by atoms with Gasteiger partial charge in [-0.1, -0.05) is 12.1 Å². The van der Waals surface area contributed by atoms with Gasteiger partial charge >= 0.3 is 0 Å². The Morgan fingerprint density at radius 2 is 2.14 bits per heavy atom. The van der Waals surface area contributed by atoms with Crippen LogP contribution in [-0.2, 0) is 21.2 Å². The molecule has 1 N–H and O–H groups in total. The van der Waals surface area contributed by atoms with Crippen LogP contribution in [0.25, 0.3) is 0 Å². The third kappa shape index (κ3) is 4.49. The summed E-state index contributed by atoms with van der Waals surface area (Å²) in [6, 6.07) is 6.33. The lowest BCUT2D eigenvalue weighted by molar-refractivity contribution is 0.135.